The van der Waals surface area contributed by atoms with Crippen molar-refractivity contribution in [1.29, 1.82) is 0 Å². The Balaban J connectivity index is 1.90. The summed E-state index contributed by atoms with van der Waals surface area (Å²) in [6.07, 6.45) is 2.14. The fourth-order valence-corrected chi connectivity index (χ4v) is 3.35. The van der Waals surface area contributed by atoms with Crippen LogP contribution in [0.25, 0.3) is 0 Å². The molecule has 0 aromatic heterocycles. The fraction of sp³-hybridized carbons (Fsp3) is 0.235. The van der Waals surface area contributed by atoms with Crippen LogP contribution in [-0.2, 0) is 0 Å². The first-order valence-electron chi connectivity index (χ1n) is 7.76. The highest BCUT2D eigenvalue weighted by molar-refractivity contribution is 6.34. The van der Waals surface area contributed by atoms with Gasteiger partial charge in [0.15, 0.2) is 0 Å². The van der Waals surface area contributed by atoms with Gasteiger partial charge in [-0.25, -0.2) is 0 Å². The lowest BCUT2D eigenvalue weighted by Gasteiger charge is -2.23. The first kappa shape index (κ1) is 17.5. The second-order valence-corrected chi connectivity index (χ2v) is 6.52. The average Bonchev–Trinajstić information content (AvgIpc) is 3.09. The van der Waals surface area contributed by atoms with E-state index >= 15 is 0 Å². The number of rotatable bonds is 4. The molecule has 1 heterocycles. The van der Waals surface area contributed by atoms with Crippen LogP contribution in [0.1, 0.15) is 23.2 Å². The Hall–Kier alpha value is -2.31. The van der Waals surface area contributed by atoms with Gasteiger partial charge in [-0.2, -0.15) is 0 Å². The van der Waals surface area contributed by atoms with Crippen molar-refractivity contribution in [3.8, 4) is 0 Å². The fourth-order valence-electron chi connectivity index (χ4n) is 2.87. The molecule has 0 aliphatic carbocycles. The van der Waals surface area contributed by atoms with E-state index in [4.69, 9.17) is 23.2 Å². The minimum atomic E-state index is -0.617. The minimum absolute atomic E-state index is 0.0120. The molecule has 0 atom stereocenters. The Kier molecular flexibility index (Phi) is 5.11. The van der Waals surface area contributed by atoms with E-state index in [2.05, 4.69) is 10.2 Å². The summed E-state index contributed by atoms with van der Waals surface area (Å²) >= 11 is 12.1. The summed E-state index contributed by atoms with van der Waals surface area (Å²) in [5, 5.41) is 14.3. The van der Waals surface area contributed by atoms with E-state index in [-0.39, 0.29) is 16.3 Å². The van der Waals surface area contributed by atoms with Crippen molar-refractivity contribution < 1.29 is 9.72 Å². The topological polar surface area (TPSA) is 75.5 Å². The molecule has 0 radical (unpaired) electrons. The molecule has 1 aliphatic heterocycles. The van der Waals surface area contributed by atoms with Crippen molar-refractivity contribution in [1.82, 2.24) is 0 Å². The molecule has 0 saturated carbocycles. The van der Waals surface area contributed by atoms with Gasteiger partial charge in [0, 0.05) is 24.7 Å². The molecule has 0 bridgehead atoms. The van der Waals surface area contributed by atoms with Crippen molar-refractivity contribution in [2.24, 2.45) is 0 Å². The SMILES string of the molecule is O=C(Nc1cccc(Cl)c1N1CCCC1)c1ccc(Cl)c([N+](=O)[O-])c1. The smallest absolute Gasteiger partial charge is 0.288 e. The number of nitrogens with one attached hydrogen (secondary N) is 1. The molecule has 1 fully saturated rings. The van der Waals surface area contributed by atoms with Gasteiger partial charge in [-0.15, -0.1) is 0 Å². The van der Waals surface area contributed by atoms with E-state index in [9.17, 15) is 14.9 Å². The highest BCUT2D eigenvalue weighted by Crippen LogP contribution is 2.36. The quantitative estimate of drug-likeness (QED) is 0.613. The maximum absolute atomic E-state index is 12.5. The Bertz CT molecular complexity index is 836. The maximum atomic E-state index is 12.5. The number of carbonyl (C=O) groups is 1. The Morgan fingerprint density at radius 2 is 1.84 bits per heavy atom. The summed E-state index contributed by atoms with van der Waals surface area (Å²) in [7, 11) is 0. The number of nitro benzene ring substituents is 1. The summed E-state index contributed by atoms with van der Waals surface area (Å²) in [6.45, 7) is 1.75. The molecule has 0 unspecified atom stereocenters. The second kappa shape index (κ2) is 7.29. The molecule has 6 nitrogen and oxygen atoms in total. The van der Waals surface area contributed by atoms with E-state index in [1.54, 1.807) is 18.2 Å². The van der Waals surface area contributed by atoms with Crippen LogP contribution in [0.4, 0.5) is 17.1 Å². The highest BCUT2D eigenvalue weighted by Gasteiger charge is 2.21. The van der Waals surface area contributed by atoms with Crippen LogP contribution in [0.3, 0.4) is 0 Å². The summed E-state index contributed by atoms with van der Waals surface area (Å²) in [6, 6.07) is 9.25. The minimum Gasteiger partial charge on any atom is -0.369 e. The van der Waals surface area contributed by atoms with Gasteiger partial charge in [0.1, 0.15) is 5.02 Å². The van der Waals surface area contributed by atoms with Gasteiger partial charge in [0.05, 0.1) is 21.3 Å². The van der Waals surface area contributed by atoms with Crippen LogP contribution in [0.2, 0.25) is 10.0 Å². The predicted octanol–water partition coefficient (Wildman–Crippen LogP) is 4.75. The zero-order valence-corrected chi connectivity index (χ0v) is 14.7. The Morgan fingerprint density at radius 1 is 1.12 bits per heavy atom. The van der Waals surface area contributed by atoms with Crippen molar-refractivity contribution in [3.05, 3.63) is 62.1 Å². The largest absolute Gasteiger partial charge is 0.369 e. The number of anilines is 2. The number of para-hydroxylation sites is 1. The van der Waals surface area contributed by atoms with E-state index in [1.165, 1.54) is 12.1 Å². The van der Waals surface area contributed by atoms with Gasteiger partial charge >= 0.3 is 0 Å². The summed E-state index contributed by atoms with van der Waals surface area (Å²) in [5.74, 6) is -0.456. The highest BCUT2D eigenvalue weighted by atomic mass is 35.5. The van der Waals surface area contributed by atoms with Crippen LogP contribution in [0, 0.1) is 10.1 Å². The lowest BCUT2D eigenvalue weighted by molar-refractivity contribution is -0.384. The molecule has 8 heteroatoms. The van der Waals surface area contributed by atoms with Crippen LogP contribution in [-0.4, -0.2) is 23.9 Å². The number of hydrogen-bond acceptors (Lipinski definition) is 4. The summed E-state index contributed by atoms with van der Waals surface area (Å²) < 4.78 is 0. The third-order valence-electron chi connectivity index (χ3n) is 4.06. The van der Waals surface area contributed by atoms with Crippen molar-refractivity contribution in [2.75, 3.05) is 23.3 Å². The first-order chi connectivity index (χ1) is 12.0. The number of nitro groups is 1. The van der Waals surface area contributed by atoms with Crippen LogP contribution in [0.15, 0.2) is 36.4 Å². The van der Waals surface area contributed by atoms with Crippen LogP contribution < -0.4 is 10.2 Å². The third kappa shape index (κ3) is 3.70. The monoisotopic (exact) mass is 379 g/mol. The lowest BCUT2D eigenvalue weighted by Crippen LogP contribution is -2.21. The van der Waals surface area contributed by atoms with Gasteiger partial charge in [0.25, 0.3) is 11.6 Å². The molecule has 25 heavy (non-hydrogen) atoms. The standard InChI is InChI=1S/C17H15Cl2N3O3/c18-12-7-6-11(10-15(12)22(24)25)17(23)20-14-5-3-4-13(19)16(14)21-8-1-2-9-21/h3-7,10H,1-2,8-9H2,(H,20,23). The number of amides is 1. The molecular formula is C17H15Cl2N3O3. The van der Waals surface area contributed by atoms with Gasteiger partial charge in [-0.3, -0.25) is 14.9 Å². The molecular weight excluding hydrogens is 365 g/mol. The van der Waals surface area contributed by atoms with Crippen LogP contribution in [0.5, 0.6) is 0 Å². The van der Waals surface area contributed by atoms with Crippen molar-refractivity contribution in [2.45, 2.75) is 12.8 Å². The third-order valence-corrected chi connectivity index (χ3v) is 4.69. The number of halogens is 2. The first-order valence-corrected chi connectivity index (χ1v) is 8.51. The number of carbonyl (C=O) groups excluding carboxylic acids is 1. The van der Waals surface area contributed by atoms with Crippen LogP contribution >= 0.6 is 23.2 Å². The molecule has 1 N–H and O–H groups in total. The molecule has 1 amide bonds. The molecule has 3 rings (SSSR count). The maximum Gasteiger partial charge on any atom is 0.288 e. The zero-order chi connectivity index (χ0) is 18.0. The van der Waals surface area contributed by atoms with Crippen molar-refractivity contribution in [3.63, 3.8) is 0 Å². The number of benzene rings is 2. The van der Waals surface area contributed by atoms with Gasteiger partial charge < -0.3 is 10.2 Å². The van der Waals surface area contributed by atoms with Gasteiger partial charge in [-0.05, 0) is 37.1 Å². The second-order valence-electron chi connectivity index (χ2n) is 5.71. The molecule has 1 aliphatic rings. The molecule has 2 aromatic rings. The molecule has 0 spiro atoms. The summed E-state index contributed by atoms with van der Waals surface area (Å²) in [4.78, 5) is 25.0. The number of hydrogen-bond donors (Lipinski definition) is 1. The van der Waals surface area contributed by atoms with E-state index in [1.807, 2.05) is 0 Å². The lowest BCUT2D eigenvalue weighted by atomic mass is 10.1. The van der Waals surface area contributed by atoms with E-state index < -0.39 is 10.8 Å². The summed E-state index contributed by atoms with van der Waals surface area (Å²) in [5.41, 5.74) is 1.21. The predicted molar refractivity (Wildman–Crippen MR) is 99.0 cm³/mol. The van der Waals surface area contributed by atoms with Gasteiger partial charge in [-0.1, -0.05) is 29.3 Å². The Morgan fingerprint density at radius 3 is 2.52 bits per heavy atom. The van der Waals surface area contributed by atoms with E-state index in [0.29, 0.717) is 10.7 Å². The van der Waals surface area contributed by atoms with Crippen molar-refractivity contribution >= 4 is 46.2 Å². The Labute approximate surface area is 154 Å². The number of nitrogens with zero attached hydrogens (tertiary/aromatic N) is 2. The molecule has 2 aromatic carbocycles. The molecule has 1 saturated heterocycles. The zero-order valence-electron chi connectivity index (χ0n) is 13.2. The average molecular weight is 380 g/mol. The normalized spacial score (nSPS) is 13.8. The van der Waals surface area contributed by atoms with Gasteiger partial charge in [0.2, 0.25) is 0 Å². The van der Waals surface area contributed by atoms with E-state index in [0.717, 1.165) is 37.7 Å². The molecule has 130 valence electrons.